The lowest BCUT2D eigenvalue weighted by Gasteiger charge is -2.24. The van der Waals surface area contributed by atoms with Gasteiger partial charge in [0.2, 0.25) is 0 Å². The van der Waals surface area contributed by atoms with Crippen molar-refractivity contribution in [3.05, 3.63) is 20.3 Å². The van der Waals surface area contributed by atoms with E-state index in [9.17, 15) is 4.79 Å². The van der Waals surface area contributed by atoms with E-state index >= 15 is 0 Å². The predicted molar refractivity (Wildman–Crippen MR) is 76.3 cm³/mol. The molecule has 1 heterocycles. The molecule has 0 aliphatic rings. The van der Waals surface area contributed by atoms with Gasteiger partial charge < -0.3 is 15.0 Å². The summed E-state index contributed by atoms with van der Waals surface area (Å²) < 4.78 is 5.66. The van der Waals surface area contributed by atoms with Crippen molar-refractivity contribution in [3.63, 3.8) is 0 Å². The first-order valence-electron chi connectivity index (χ1n) is 5.42. The molecular formula is C11H18IN3O2. The molecule has 0 saturated carbocycles. The van der Waals surface area contributed by atoms with Gasteiger partial charge in [-0.3, -0.25) is 4.79 Å². The normalized spacial score (nSPS) is 11.5. The van der Waals surface area contributed by atoms with Crippen molar-refractivity contribution in [2.24, 2.45) is 5.41 Å². The van der Waals surface area contributed by atoms with Crippen LogP contribution in [0.2, 0.25) is 0 Å². The summed E-state index contributed by atoms with van der Waals surface area (Å²) in [5.74, 6) is 0.639. The van der Waals surface area contributed by atoms with E-state index in [0.717, 1.165) is 19.6 Å². The van der Waals surface area contributed by atoms with Crippen LogP contribution in [0.25, 0.3) is 0 Å². The Morgan fingerprint density at radius 3 is 2.94 bits per heavy atom. The first-order chi connectivity index (χ1) is 7.96. The van der Waals surface area contributed by atoms with E-state index in [1.807, 2.05) is 22.6 Å². The van der Waals surface area contributed by atoms with Crippen LogP contribution < -0.4 is 10.9 Å². The number of hydrogen-bond acceptors (Lipinski definition) is 4. The molecule has 96 valence electrons. The molecule has 1 aromatic heterocycles. The molecule has 0 unspecified atom stereocenters. The number of anilines is 1. The third-order valence-corrected chi connectivity index (χ3v) is 3.51. The lowest BCUT2D eigenvalue weighted by molar-refractivity contribution is 0.157. The highest BCUT2D eigenvalue weighted by molar-refractivity contribution is 14.1. The summed E-state index contributed by atoms with van der Waals surface area (Å²) in [5.41, 5.74) is -0.0126. The Kier molecular flexibility index (Phi) is 5.38. The van der Waals surface area contributed by atoms with Crippen LogP contribution in [0.4, 0.5) is 5.82 Å². The Balaban J connectivity index is 2.61. The average Bonchev–Trinajstić information content (AvgIpc) is 2.29. The Hall–Kier alpha value is -0.630. The monoisotopic (exact) mass is 351 g/mol. The van der Waals surface area contributed by atoms with Crippen LogP contribution in [0.15, 0.2) is 11.1 Å². The third kappa shape index (κ3) is 4.63. The highest BCUT2D eigenvalue weighted by Gasteiger charge is 2.18. The Morgan fingerprint density at radius 2 is 2.29 bits per heavy atom. The largest absolute Gasteiger partial charge is 0.385 e. The molecule has 1 aromatic rings. The predicted octanol–water partition coefficient (Wildman–Crippen LogP) is 1.85. The van der Waals surface area contributed by atoms with E-state index in [4.69, 9.17) is 4.74 Å². The Bertz CT molecular complexity index is 417. The zero-order valence-electron chi connectivity index (χ0n) is 10.3. The molecule has 0 radical (unpaired) electrons. The van der Waals surface area contributed by atoms with Gasteiger partial charge in [0.05, 0.1) is 6.33 Å². The summed E-state index contributed by atoms with van der Waals surface area (Å²) in [6.45, 7) is 5.79. The molecule has 0 bridgehead atoms. The van der Waals surface area contributed by atoms with Crippen LogP contribution in [0, 0.1) is 8.99 Å². The van der Waals surface area contributed by atoms with Crippen molar-refractivity contribution < 1.29 is 4.74 Å². The van der Waals surface area contributed by atoms with E-state index in [-0.39, 0.29) is 11.0 Å². The smallest absolute Gasteiger partial charge is 0.266 e. The maximum atomic E-state index is 11.4. The maximum absolute atomic E-state index is 11.4. The quantitative estimate of drug-likeness (QED) is 0.768. The fourth-order valence-electron chi connectivity index (χ4n) is 1.30. The molecule has 2 N–H and O–H groups in total. The Labute approximate surface area is 115 Å². The molecule has 5 nitrogen and oxygen atoms in total. The molecular weight excluding hydrogens is 333 g/mol. The van der Waals surface area contributed by atoms with Gasteiger partial charge in [-0.1, -0.05) is 13.8 Å². The highest BCUT2D eigenvalue weighted by Crippen LogP contribution is 2.21. The van der Waals surface area contributed by atoms with E-state index in [2.05, 4.69) is 29.1 Å². The first-order valence-corrected chi connectivity index (χ1v) is 6.50. The van der Waals surface area contributed by atoms with Crippen molar-refractivity contribution in [2.75, 3.05) is 25.6 Å². The van der Waals surface area contributed by atoms with Crippen LogP contribution in [0.5, 0.6) is 0 Å². The summed E-state index contributed by atoms with van der Waals surface area (Å²) >= 11 is 1.99. The summed E-state index contributed by atoms with van der Waals surface area (Å²) in [5, 5.41) is 3.21. The second kappa shape index (κ2) is 6.34. The van der Waals surface area contributed by atoms with E-state index in [0.29, 0.717) is 9.39 Å². The minimum absolute atomic E-state index is 0.101. The number of halogens is 1. The first kappa shape index (κ1) is 14.4. The molecule has 1 rings (SSSR count). The second-order valence-corrected chi connectivity index (χ2v) is 5.73. The lowest BCUT2D eigenvalue weighted by atomic mass is 9.90. The van der Waals surface area contributed by atoms with Gasteiger partial charge in [0, 0.05) is 20.3 Å². The number of aromatic nitrogens is 2. The topological polar surface area (TPSA) is 67.0 Å². The molecule has 0 atom stereocenters. The Morgan fingerprint density at radius 1 is 1.59 bits per heavy atom. The highest BCUT2D eigenvalue weighted by atomic mass is 127. The number of nitrogens with zero attached hydrogens (tertiary/aromatic N) is 1. The van der Waals surface area contributed by atoms with Crippen LogP contribution in [-0.4, -0.2) is 30.2 Å². The third-order valence-electron chi connectivity index (χ3n) is 2.51. The number of nitrogens with one attached hydrogen (secondary N) is 2. The number of methoxy groups -OCH3 is 1. The van der Waals surface area contributed by atoms with Crippen molar-refractivity contribution in [3.8, 4) is 0 Å². The lowest BCUT2D eigenvalue weighted by Crippen LogP contribution is -2.26. The number of H-pyrrole nitrogens is 1. The second-order valence-electron chi connectivity index (χ2n) is 4.65. The molecule has 0 saturated heterocycles. The van der Waals surface area contributed by atoms with E-state index in [1.54, 1.807) is 7.11 Å². The molecule has 0 fully saturated rings. The summed E-state index contributed by atoms with van der Waals surface area (Å²) in [6.07, 6.45) is 2.37. The number of hydrogen-bond donors (Lipinski definition) is 2. The van der Waals surface area contributed by atoms with Gasteiger partial charge in [-0.15, -0.1) is 0 Å². The summed E-state index contributed by atoms with van der Waals surface area (Å²) in [6, 6.07) is 0. The van der Waals surface area contributed by atoms with E-state index in [1.165, 1.54) is 6.33 Å². The van der Waals surface area contributed by atoms with Crippen molar-refractivity contribution in [1.29, 1.82) is 0 Å². The molecule has 17 heavy (non-hydrogen) atoms. The van der Waals surface area contributed by atoms with Crippen molar-refractivity contribution >= 4 is 28.4 Å². The molecule has 0 aliphatic carbocycles. The van der Waals surface area contributed by atoms with Gasteiger partial charge in [0.25, 0.3) is 5.56 Å². The molecule has 0 spiro atoms. The van der Waals surface area contributed by atoms with Crippen LogP contribution >= 0.6 is 22.6 Å². The van der Waals surface area contributed by atoms with Crippen LogP contribution in [0.3, 0.4) is 0 Å². The molecule has 0 aliphatic heterocycles. The SMILES string of the molecule is COCCC(C)(C)CNc1nc[nH]c(=O)c1I. The van der Waals surface area contributed by atoms with Gasteiger partial charge >= 0.3 is 0 Å². The minimum Gasteiger partial charge on any atom is -0.385 e. The summed E-state index contributed by atoms with van der Waals surface area (Å²) in [7, 11) is 1.70. The zero-order valence-corrected chi connectivity index (χ0v) is 12.5. The van der Waals surface area contributed by atoms with Crippen LogP contribution in [-0.2, 0) is 4.74 Å². The minimum atomic E-state index is -0.113. The van der Waals surface area contributed by atoms with Crippen molar-refractivity contribution in [1.82, 2.24) is 9.97 Å². The zero-order chi connectivity index (χ0) is 12.9. The van der Waals surface area contributed by atoms with Gasteiger partial charge in [-0.05, 0) is 34.4 Å². The molecule has 0 amide bonds. The standard InChI is InChI=1S/C11H18IN3O2/c1-11(2,4-5-17-3)6-13-9-8(12)10(16)15-7-14-9/h7H,4-6H2,1-3H3,(H2,13,14,15,16). The van der Waals surface area contributed by atoms with Crippen molar-refractivity contribution in [2.45, 2.75) is 20.3 Å². The maximum Gasteiger partial charge on any atom is 0.266 e. The fraction of sp³-hybridized carbons (Fsp3) is 0.636. The molecule has 6 heteroatoms. The van der Waals surface area contributed by atoms with Crippen LogP contribution in [0.1, 0.15) is 20.3 Å². The number of aromatic amines is 1. The van der Waals surface area contributed by atoms with Gasteiger partial charge in [-0.25, -0.2) is 4.98 Å². The fourth-order valence-corrected chi connectivity index (χ4v) is 1.78. The van der Waals surface area contributed by atoms with Gasteiger partial charge in [0.15, 0.2) is 0 Å². The van der Waals surface area contributed by atoms with E-state index < -0.39 is 0 Å². The average molecular weight is 351 g/mol. The molecule has 0 aromatic carbocycles. The summed E-state index contributed by atoms with van der Waals surface area (Å²) in [4.78, 5) is 18.0. The van der Waals surface area contributed by atoms with Gasteiger partial charge in [-0.2, -0.15) is 0 Å². The number of rotatable bonds is 6. The number of ether oxygens (including phenoxy) is 1. The van der Waals surface area contributed by atoms with Gasteiger partial charge in [0.1, 0.15) is 9.39 Å².